The van der Waals surface area contributed by atoms with Gasteiger partial charge in [-0.05, 0) is 41.2 Å². The van der Waals surface area contributed by atoms with E-state index in [-0.39, 0.29) is 31.0 Å². The minimum Gasteiger partial charge on any atom is -0.508 e. The van der Waals surface area contributed by atoms with E-state index in [0.29, 0.717) is 17.7 Å². The van der Waals surface area contributed by atoms with E-state index in [0.717, 1.165) is 11.1 Å². The smallest absolute Gasteiger partial charge is 0.408 e. The summed E-state index contributed by atoms with van der Waals surface area (Å²) in [5.74, 6) is -6.99. The van der Waals surface area contributed by atoms with E-state index < -0.39 is 96.5 Å². The molecule has 61 heavy (non-hydrogen) atoms. The normalized spacial score (nSPS) is 13.7. The molecule has 0 saturated heterocycles. The van der Waals surface area contributed by atoms with E-state index in [1.54, 1.807) is 38.1 Å². The molecule has 0 bridgehead atoms. The standard InChI is InChI=1S/C42H53N7O11S/c1-3-25(2)36(40(56)45-30(18-19-34(43)51)37(53)47-32(41(57)58)21-35(44)52)49-38(54)31(20-26-14-16-29(50)17-15-26)46-39(55)33(24-61-23-28-12-8-5-9-13-28)48-42(59)60-22-27-10-6-4-7-11-27/h4-17,25,30-33,36,50H,3,18-24H2,1-2H3,(H2,43,51)(H2,44,52)(H,45,56)(H,46,55)(H,47,53)(H,48,59)(H,49,54)(H,57,58)/t25-,30-,31-,32-,33-,36-/m0/s1. The number of benzene rings is 3. The van der Waals surface area contributed by atoms with Crippen LogP contribution in [0.3, 0.4) is 0 Å². The third-order valence-electron chi connectivity index (χ3n) is 9.35. The van der Waals surface area contributed by atoms with Crippen LogP contribution in [-0.4, -0.2) is 93.7 Å². The monoisotopic (exact) mass is 863 g/mol. The van der Waals surface area contributed by atoms with Gasteiger partial charge in [-0.1, -0.05) is 93.1 Å². The largest absolute Gasteiger partial charge is 0.508 e. The number of carboxylic acid groups (broad SMARTS) is 1. The van der Waals surface area contributed by atoms with Crippen LogP contribution in [0.4, 0.5) is 4.79 Å². The summed E-state index contributed by atoms with van der Waals surface area (Å²) >= 11 is 1.35. The summed E-state index contributed by atoms with van der Waals surface area (Å²) in [6.45, 7) is 3.32. The van der Waals surface area contributed by atoms with Gasteiger partial charge in [-0.15, -0.1) is 0 Å². The summed E-state index contributed by atoms with van der Waals surface area (Å²) in [4.78, 5) is 103. The van der Waals surface area contributed by atoms with Gasteiger partial charge in [0.2, 0.25) is 35.4 Å². The van der Waals surface area contributed by atoms with E-state index >= 15 is 0 Å². The predicted octanol–water partition coefficient (Wildman–Crippen LogP) is 1.37. The van der Waals surface area contributed by atoms with E-state index in [2.05, 4.69) is 26.6 Å². The molecule has 19 heteroatoms. The summed E-state index contributed by atoms with van der Waals surface area (Å²) in [6.07, 6.45) is -2.19. The lowest BCUT2D eigenvalue weighted by Crippen LogP contribution is -2.60. The van der Waals surface area contributed by atoms with Gasteiger partial charge in [0, 0.05) is 24.3 Å². The summed E-state index contributed by atoms with van der Waals surface area (Å²) in [5, 5.41) is 32.0. The number of phenolic OH excluding ortho intramolecular Hbond substituents is 1. The number of alkyl carbamates (subject to hydrolysis) is 1. The molecule has 3 rings (SSSR count). The van der Waals surface area contributed by atoms with Crippen molar-refractivity contribution in [2.75, 3.05) is 5.75 Å². The molecule has 0 radical (unpaired) electrons. The number of carbonyl (C=O) groups is 8. The van der Waals surface area contributed by atoms with Crippen molar-refractivity contribution in [1.82, 2.24) is 26.6 Å². The van der Waals surface area contributed by atoms with Gasteiger partial charge in [0.05, 0.1) is 6.42 Å². The molecule has 0 aliphatic heterocycles. The molecule has 0 fully saturated rings. The molecule has 0 aliphatic carbocycles. The van der Waals surface area contributed by atoms with Crippen molar-refractivity contribution in [3.63, 3.8) is 0 Å². The number of amides is 7. The average molecular weight is 864 g/mol. The van der Waals surface area contributed by atoms with Crippen molar-refractivity contribution in [2.24, 2.45) is 17.4 Å². The van der Waals surface area contributed by atoms with Crippen LogP contribution in [0.1, 0.15) is 56.2 Å². The second kappa shape index (κ2) is 25.1. The van der Waals surface area contributed by atoms with Gasteiger partial charge in [-0.2, -0.15) is 11.8 Å². The number of nitrogens with two attached hydrogens (primary N) is 2. The van der Waals surface area contributed by atoms with E-state index in [9.17, 15) is 48.6 Å². The zero-order chi connectivity index (χ0) is 44.9. The molecule has 0 unspecified atom stereocenters. The van der Waals surface area contributed by atoms with E-state index in [4.69, 9.17) is 16.2 Å². The number of hydrogen-bond acceptors (Lipinski definition) is 11. The number of hydrogen-bond donors (Lipinski definition) is 9. The summed E-state index contributed by atoms with van der Waals surface area (Å²) in [7, 11) is 0. The van der Waals surface area contributed by atoms with E-state index in [1.165, 1.54) is 36.0 Å². The number of ether oxygens (including phenoxy) is 1. The minimum atomic E-state index is -1.74. The van der Waals surface area contributed by atoms with Crippen molar-refractivity contribution < 1.29 is 53.3 Å². The molecule has 3 aromatic rings. The summed E-state index contributed by atoms with van der Waals surface area (Å²) < 4.78 is 5.39. The molecule has 18 nitrogen and oxygen atoms in total. The van der Waals surface area contributed by atoms with E-state index in [1.807, 2.05) is 36.4 Å². The number of thioether (sulfide) groups is 1. The summed E-state index contributed by atoms with van der Waals surface area (Å²) in [6, 6.07) is 17.0. The Labute approximate surface area is 357 Å². The molecule has 3 aromatic carbocycles. The van der Waals surface area contributed by atoms with Crippen molar-refractivity contribution >= 4 is 59.3 Å². The fraction of sp³-hybridized carbons (Fsp3) is 0.381. The van der Waals surface area contributed by atoms with Gasteiger partial charge in [0.1, 0.15) is 42.6 Å². The highest BCUT2D eigenvalue weighted by Gasteiger charge is 2.35. The van der Waals surface area contributed by atoms with Crippen LogP contribution in [-0.2, 0) is 57.1 Å². The van der Waals surface area contributed by atoms with Crippen LogP contribution in [0.5, 0.6) is 5.75 Å². The molecule has 0 aromatic heterocycles. The van der Waals surface area contributed by atoms with Crippen molar-refractivity contribution in [1.29, 1.82) is 0 Å². The first-order valence-electron chi connectivity index (χ1n) is 19.4. The van der Waals surface area contributed by atoms with Gasteiger partial charge in [-0.25, -0.2) is 9.59 Å². The quantitative estimate of drug-likeness (QED) is 0.0584. The first-order chi connectivity index (χ1) is 29.1. The Balaban J connectivity index is 1.88. The van der Waals surface area contributed by atoms with Crippen LogP contribution in [0.15, 0.2) is 84.9 Å². The second-order valence-corrected chi connectivity index (χ2v) is 15.2. The molecule has 11 N–H and O–H groups in total. The molecule has 0 aliphatic rings. The first-order valence-corrected chi connectivity index (χ1v) is 20.6. The highest BCUT2D eigenvalue weighted by molar-refractivity contribution is 7.98. The zero-order valence-corrected chi connectivity index (χ0v) is 34.7. The Bertz CT molecular complexity index is 1960. The van der Waals surface area contributed by atoms with Crippen LogP contribution >= 0.6 is 11.8 Å². The number of rotatable bonds is 25. The highest BCUT2D eigenvalue weighted by atomic mass is 32.2. The molecule has 328 valence electrons. The van der Waals surface area contributed by atoms with Crippen LogP contribution in [0.2, 0.25) is 0 Å². The van der Waals surface area contributed by atoms with Gasteiger partial charge < -0.3 is 53.0 Å². The number of carboxylic acids is 1. The number of aromatic hydroxyl groups is 1. The Hall–Kier alpha value is -6.63. The maximum absolute atomic E-state index is 14.2. The number of carbonyl (C=O) groups excluding carboxylic acids is 7. The molecule has 0 saturated carbocycles. The Kier molecular flexibility index (Phi) is 20.1. The fourth-order valence-corrected chi connectivity index (χ4v) is 6.77. The van der Waals surface area contributed by atoms with Gasteiger partial charge >= 0.3 is 12.1 Å². The Morgan fingerprint density at radius 2 is 1.21 bits per heavy atom. The number of primary amides is 2. The first kappa shape index (κ1) is 48.7. The number of phenols is 1. The highest BCUT2D eigenvalue weighted by Crippen LogP contribution is 2.16. The maximum atomic E-state index is 14.2. The Morgan fingerprint density at radius 3 is 1.79 bits per heavy atom. The average Bonchev–Trinajstić information content (AvgIpc) is 3.23. The minimum absolute atomic E-state index is 0.0461. The lowest BCUT2D eigenvalue weighted by Gasteiger charge is -2.29. The zero-order valence-electron chi connectivity index (χ0n) is 33.8. The van der Waals surface area contributed by atoms with Gasteiger partial charge in [-0.3, -0.25) is 28.8 Å². The van der Waals surface area contributed by atoms with Crippen LogP contribution in [0.25, 0.3) is 0 Å². The van der Waals surface area contributed by atoms with Crippen molar-refractivity contribution in [3.05, 3.63) is 102 Å². The van der Waals surface area contributed by atoms with Crippen molar-refractivity contribution in [2.45, 2.75) is 88.5 Å². The lowest BCUT2D eigenvalue weighted by atomic mass is 9.96. The number of aliphatic carboxylic acids is 1. The number of nitrogens with one attached hydrogen (secondary N) is 5. The van der Waals surface area contributed by atoms with Crippen molar-refractivity contribution in [3.8, 4) is 5.75 Å². The molecule has 7 amide bonds. The summed E-state index contributed by atoms with van der Waals surface area (Å²) in [5.41, 5.74) is 12.6. The third kappa shape index (κ3) is 17.6. The molecule has 6 atom stereocenters. The predicted molar refractivity (Wildman–Crippen MR) is 225 cm³/mol. The fourth-order valence-electron chi connectivity index (χ4n) is 5.75. The van der Waals surface area contributed by atoms with Gasteiger partial charge in [0.25, 0.3) is 0 Å². The molecular weight excluding hydrogens is 811 g/mol. The molecule has 0 spiro atoms. The lowest BCUT2D eigenvalue weighted by molar-refractivity contribution is -0.144. The molecular formula is C42H53N7O11S. The van der Waals surface area contributed by atoms with Crippen LogP contribution in [0, 0.1) is 5.92 Å². The SMILES string of the molecule is CC[C@H](C)[C@H](NC(=O)[C@H](Cc1ccc(O)cc1)NC(=O)[C@H](CSCc1ccccc1)NC(=O)OCc1ccccc1)C(=O)N[C@@H](CCC(N)=O)C(=O)N[C@@H](CC(N)=O)C(=O)O. The topological polar surface area (TPSA) is 298 Å². The molecule has 0 heterocycles. The maximum Gasteiger partial charge on any atom is 0.408 e. The third-order valence-corrected chi connectivity index (χ3v) is 10.5. The second-order valence-electron chi connectivity index (χ2n) is 14.2. The Morgan fingerprint density at radius 1 is 0.656 bits per heavy atom. The van der Waals surface area contributed by atoms with Gasteiger partial charge in [0.15, 0.2) is 0 Å². The van der Waals surface area contributed by atoms with Crippen LogP contribution < -0.4 is 38.1 Å².